The number of hydrogen-bond acceptors (Lipinski definition) is 4. The lowest BCUT2D eigenvalue weighted by molar-refractivity contribution is -0.194. The Morgan fingerprint density at radius 2 is 2.12 bits per heavy atom. The summed E-state index contributed by atoms with van der Waals surface area (Å²) in [6, 6.07) is 6.65. The second kappa shape index (κ2) is 6.99. The molecule has 0 bridgehead atoms. The number of carboxylic acid groups (broad SMARTS) is 1. The van der Waals surface area contributed by atoms with Crippen LogP contribution in [0.5, 0.6) is 5.75 Å². The molecule has 0 heterocycles. The van der Waals surface area contributed by atoms with Gasteiger partial charge in [0.25, 0.3) is 5.91 Å². The van der Waals surface area contributed by atoms with Gasteiger partial charge in [0.2, 0.25) is 0 Å². The molecule has 2 unspecified atom stereocenters. The number of amides is 1. The maximum atomic E-state index is 12.2. The van der Waals surface area contributed by atoms with Crippen molar-refractivity contribution in [3.05, 3.63) is 29.3 Å². The van der Waals surface area contributed by atoms with E-state index in [0.717, 1.165) is 0 Å². The van der Waals surface area contributed by atoms with Crippen LogP contribution in [0.3, 0.4) is 0 Å². The van der Waals surface area contributed by atoms with E-state index >= 15 is 0 Å². The van der Waals surface area contributed by atoms with Gasteiger partial charge in [0.05, 0.1) is 6.10 Å². The van der Waals surface area contributed by atoms with Crippen LogP contribution in [-0.2, 0) is 14.3 Å². The molecule has 132 valence electrons. The third-order valence-electron chi connectivity index (χ3n) is 4.65. The lowest BCUT2D eigenvalue weighted by Gasteiger charge is -2.58. The molecule has 1 fully saturated rings. The number of rotatable bonds is 7. The van der Waals surface area contributed by atoms with Gasteiger partial charge in [0.15, 0.2) is 6.61 Å². The highest BCUT2D eigenvalue weighted by molar-refractivity contribution is 6.30. The zero-order valence-corrected chi connectivity index (χ0v) is 14.7. The smallest absolute Gasteiger partial charge is 0.330 e. The highest BCUT2D eigenvalue weighted by atomic mass is 35.5. The molecule has 0 aromatic heterocycles. The zero-order valence-electron chi connectivity index (χ0n) is 14.0. The largest absolute Gasteiger partial charge is 0.484 e. The molecule has 2 rings (SSSR count). The Morgan fingerprint density at radius 1 is 1.42 bits per heavy atom. The normalized spacial score (nSPS) is 24.8. The number of benzene rings is 1. The third-order valence-corrected chi connectivity index (χ3v) is 4.88. The van der Waals surface area contributed by atoms with Gasteiger partial charge in [-0.3, -0.25) is 4.79 Å². The number of aliphatic carboxylic acids is 1. The van der Waals surface area contributed by atoms with Gasteiger partial charge >= 0.3 is 5.97 Å². The summed E-state index contributed by atoms with van der Waals surface area (Å²) in [5.74, 6) is -1.12. The van der Waals surface area contributed by atoms with Crippen molar-refractivity contribution in [3.8, 4) is 5.75 Å². The van der Waals surface area contributed by atoms with E-state index in [1.54, 1.807) is 38.1 Å². The number of hydrogen-bond donors (Lipinski definition) is 2. The first kappa shape index (κ1) is 18.5. The van der Waals surface area contributed by atoms with Crippen molar-refractivity contribution in [2.24, 2.45) is 5.41 Å². The van der Waals surface area contributed by atoms with E-state index in [4.69, 9.17) is 21.1 Å². The van der Waals surface area contributed by atoms with Crippen LogP contribution in [0.2, 0.25) is 5.02 Å². The molecule has 0 radical (unpaired) electrons. The summed E-state index contributed by atoms with van der Waals surface area (Å²) in [6.45, 7) is 5.63. The highest BCUT2D eigenvalue weighted by Gasteiger charge is 2.66. The van der Waals surface area contributed by atoms with Gasteiger partial charge < -0.3 is 19.9 Å². The Balaban J connectivity index is 2.01. The Labute approximate surface area is 146 Å². The van der Waals surface area contributed by atoms with E-state index in [1.807, 2.05) is 6.92 Å². The topological polar surface area (TPSA) is 84.9 Å². The number of nitrogens with one attached hydrogen (secondary N) is 1. The Morgan fingerprint density at radius 3 is 2.67 bits per heavy atom. The van der Waals surface area contributed by atoms with E-state index < -0.39 is 22.8 Å². The molecule has 0 spiro atoms. The predicted octanol–water partition coefficient (Wildman–Crippen LogP) is 2.49. The van der Waals surface area contributed by atoms with Crippen LogP contribution in [0.15, 0.2) is 24.3 Å². The van der Waals surface area contributed by atoms with Crippen molar-refractivity contribution >= 4 is 23.5 Å². The molecule has 2 N–H and O–H groups in total. The maximum absolute atomic E-state index is 12.2. The second-order valence-electron chi connectivity index (χ2n) is 6.37. The molecule has 24 heavy (non-hydrogen) atoms. The molecule has 0 aliphatic heterocycles. The SMILES string of the molecule is CCOC1CC(NC(=O)COc2cccc(Cl)c2)(C(=O)O)C1(C)C. The highest BCUT2D eigenvalue weighted by Crippen LogP contribution is 2.51. The quantitative estimate of drug-likeness (QED) is 0.785. The lowest BCUT2D eigenvalue weighted by atomic mass is 9.54. The fourth-order valence-corrected chi connectivity index (χ4v) is 3.20. The summed E-state index contributed by atoms with van der Waals surface area (Å²) in [5.41, 5.74) is -2.08. The molecule has 1 aromatic rings. The summed E-state index contributed by atoms with van der Waals surface area (Å²) in [4.78, 5) is 24.0. The fraction of sp³-hybridized carbons (Fsp3) is 0.529. The van der Waals surface area contributed by atoms with Gasteiger partial charge in [-0.1, -0.05) is 31.5 Å². The van der Waals surface area contributed by atoms with Crippen molar-refractivity contribution in [2.75, 3.05) is 13.2 Å². The number of ether oxygens (including phenoxy) is 2. The molecule has 6 nitrogen and oxygen atoms in total. The van der Waals surface area contributed by atoms with E-state index in [0.29, 0.717) is 17.4 Å². The van der Waals surface area contributed by atoms with E-state index in [-0.39, 0.29) is 19.1 Å². The monoisotopic (exact) mass is 355 g/mol. The van der Waals surface area contributed by atoms with Crippen LogP contribution in [0.4, 0.5) is 0 Å². The van der Waals surface area contributed by atoms with Crippen molar-refractivity contribution in [3.63, 3.8) is 0 Å². The lowest BCUT2D eigenvalue weighted by Crippen LogP contribution is -2.76. The summed E-state index contributed by atoms with van der Waals surface area (Å²) in [7, 11) is 0. The molecule has 2 atom stereocenters. The first-order valence-corrected chi connectivity index (χ1v) is 8.15. The average Bonchev–Trinajstić information content (AvgIpc) is 2.51. The number of carbonyl (C=O) groups excluding carboxylic acids is 1. The minimum atomic E-state index is -1.36. The molecular formula is C17H22ClNO5. The van der Waals surface area contributed by atoms with Crippen LogP contribution in [0, 0.1) is 5.41 Å². The van der Waals surface area contributed by atoms with Crippen molar-refractivity contribution in [2.45, 2.75) is 38.8 Å². The molecular weight excluding hydrogens is 334 g/mol. The predicted molar refractivity (Wildman–Crippen MR) is 89.3 cm³/mol. The van der Waals surface area contributed by atoms with E-state index in [1.165, 1.54) is 0 Å². The van der Waals surface area contributed by atoms with Gasteiger partial charge in [0.1, 0.15) is 11.3 Å². The van der Waals surface area contributed by atoms with Crippen LogP contribution in [0.25, 0.3) is 0 Å². The summed E-state index contributed by atoms with van der Waals surface area (Å²) in [6.07, 6.45) is 0.0132. The van der Waals surface area contributed by atoms with Gasteiger partial charge in [-0.25, -0.2) is 4.79 Å². The van der Waals surface area contributed by atoms with Crippen molar-refractivity contribution in [1.82, 2.24) is 5.32 Å². The first-order valence-electron chi connectivity index (χ1n) is 7.77. The van der Waals surface area contributed by atoms with Crippen LogP contribution in [0.1, 0.15) is 27.2 Å². The van der Waals surface area contributed by atoms with Gasteiger partial charge in [0, 0.05) is 23.5 Å². The summed E-state index contributed by atoms with van der Waals surface area (Å²) >= 11 is 5.85. The molecule has 1 aliphatic rings. The van der Waals surface area contributed by atoms with Crippen molar-refractivity contribution < 1.29 is 24.2 Å². The minimum absolute atomic E-state index is 0.215. The zero-order chi connectivity index (χ0) is 18.0. The van der Waals surface area contributed by atoms with E-state index in [9.17, 15) is 14.7 Å². The van der Waals surface area contributed by atoms with Crippen LogP contribution >= 0.6 is 11.6 Å². The molecule has 1 amide bonds. The Bertz CT molecular complexity index is 633. The molecule has 1 aromatic carbocycles. The number of carboxylic acids is 1. The molecule has 7 heteroatoms. The molecule has 1 saturated carbocycles. The van der Waals surface area contributed by atoms with Gasteiger partial charge in [-0.15, -0.1) is 0 Å². The first-order chi connectivity index (χ1) is 11.2. The minimum Gasteiger partial charge on any atom is -0.484 e. The Hall–Kier alpha value is -1.79. The fourth-order valence-electron chi connectivity index (χ4n) is 3.02. The van der Waals surface area contributed by atoms with Crippen LogP contribution < -0.4 is 10.1 Å². The van der Waals surface area contributed by atoms with Crippen LogP contribution in [-0.4, -0.2) is 41.8 Å². The average molecular weight is 356 g/mol. The maximum Gasteiger partial charge on any atom is 0.330 e. The summed E-state index contributed by atoms with van der Waals surface area (Å²) in [5, 5.41) is 12.8. The number of halogens is 1. The van der Waals surface area contributed by atoms with Crippen molar-refractivity contribution in [1.29, 1.82) is 0 Å². The third kappa shape index (κ3) is 3.35. The van der Waals surface area contributed by atoms with Gasteiger partial charge in [-0.2, -0.15) is 0 Å². The number of carbonyl (C=O) groups is 2. The second-order valence-corrected chi connectivity index (χ2v) is 6.81. The standard InChI is InChI=1S/C17H22ClNO5/c1-4-23-13-9-17(15(21)22,16(13,2)3)19-14(20)10-24-12-7-5-6-11(18)8-12/h5-8,13H,4,9-10H2,1-3H3,(H,19,20)(H,21,22). The summed E-state index contributed by atoms with van der Waals surface area (Å²) < 4.78 is 10.9. The Kier molecular flexibility index (Phi) is 5.40. The van der Waals surface area contributed by atoms with E-state index in [2.05, 4.69) is 5.32 Å². The molecule has 1 aliphatic carbocycles. The molecule has 0 saturated heterocycles. The van der Waals surface area contributed by atoms with Gasteiger partial charge in [-0.05, 0) is 25.1 Å².